The van der Waals surface area contributed by atoms with E-state index in [2.05, 4.69) is 21.2 Å². The number of rotatable bonds is 4. The lowest BCUT2D eigenvalue weighted by Crippen LogP contribution is -2.14. The predicted octanol–water partition coefficient (Wildman–Crippen LogP) is 5.02. The zero-order valence-corrected chi connectivity index (χ0v) is 15.0. The molecule has 1 N–H and O–H groups in total. The predicted molar refractivity (Wildman–Crippen MR) is 94.4 cm³/mol. The van der Waals surface area contributed by atoms with Crippen molar-refractivity contribution in [1.29, 1.82) is 5.26 Å². The number of hydrogen-bond donors (Lipinski definition) is 1. The number of nitriles is 1. The van der Waals surface area contributed by atoms with Crippen LogP contribution in [0, 0.1) is 11.3 Å². The van der Waals surface area contributed by atoms with Gasteiger partial charge in [-0.2, -0.15) is 18.4 Å². The van der Waals surface area contributed by atoms with E-state index in [4.69, 9.17) is 4.74 Å². The van der Waals surface area contributed by atoms with E-state index in [0.29, 0.717) is 15.8 Å². The van der Waals surface area contributed by atoms with E-state index in [1.54, 1.807) is 24.3 Å². The fourth-order valence-corrected chi connectivity index (χ4v) is 2.56. The van der Waals surface area contributed by atoms with E-state index in [0.717, 1.165) is 12.1 Å². The Bertz CT molecular complexity index is 902. The van der Waals surface area contributed by atoms with E-state index in [1.165, 1.54) is 25.3 Å². The molecule has 2 aromatic rings. The molecule has 4 nitrogen and oxygen atoms in total. The van der Waals surface area contributed by atoms with Crippen molar-refractivity contribution in [1.82, 2.24) is 0 Å². The molecule has 0 aliphatic heterocycles. The molecule has 0 fully saturated rings. The Labute approximate surface area is 156 Å². The summed E-state index contributed by atoms with van der Waals surface area (Å²) >= 11 is 3.28. The Morgan fingerprint density at radius 1 is 1.27 bits per heavy atom. The monoisotopic (exact) mass is 424 g/mol. The normalized spacial score (nSPS) is 11.6. The summed E-state index contributed by atoms with van der Waals surface area (Å²) in [5.41, 5.74) is -0.693. The molecule has 0 atom stereocenters. The van der Waals surface area contributed by atoms with Crippen molar-refractivity contribution in [3.63, 3.8) is 0 Å². The molecule has 2 aromatic carbocycles. The van der Waals surface area contributed by atoms with Gasteiger partial charge in [0.2, 0.25) is 0 Å². The lowest BCUT2D eigenvalue weighted by atomic mass is 10.1. The third kappa shape index (κ3) is 5.10. The average molecular weight is 425 g/mol. The summed E-state index contributed by atoms with van der Waals surface area (Å²) in [5.74, 6) is -0.299. The maximum atomic E-state index is 12.7. The first-order valence-electron chi connectivity index (χ1n) is 7.18. The number of hydrogen-bond acceptors (Lipinski definition) is 3. The van der Waals surface area contributed by atoms with Gasteiger partial charge in [-0.1, -0.05) is 22.0 Å². The van der Waals surface area contributed by atoms with Gasteiger partial charge in [-0.15, -0.1) is 0 Å². The van der Waals surface area contributed by atoms with Crippen LogP contribution < -0.4 is 10.1 Å². The fraction of sp³-hybridized carbons (Fsp3) is 0.111. The maximum Gasteiger partial charge on any atom is 0.416 e. The second kappa shape index (κ2) is 8.06. The van der Waals surface area contributed by atoms with Gasteiger partial charge in [-0.25, -0.2) is 0 Å². The van der Waals surface area contributed by atoms with E-state index >= 15 is 0 Å². The summed E-state index contributed by atoms with van der Waals surface area (Å²) in [6, 6.07) is 10.9. The zero-order chi connectivity index (χ0) is 19.3. The van der Waals surface area contributed by atoms with Crippen molar-refractivity contribution in [2.45, 2.75) is 6.18 Å². The topological polar surface area (TPSA) is 62.1 Å². The summed E-state index contributed by atoms with van der Waals surface area (Å²) in [5, 5.41) is 11.5. The van der Waals surface area contributed by atoms with Gasteiger partial charge in [-0.05, 0) is 48.0 Å². The Kier molecular flexibility index (Phi) is 6.05. The summed E-state index contributed by atoms with van der Waals surface area (Å²) in [6.07, 6.45) is -3.21. The zero-order valence-electron chi connectivity index (χ0n) is 13.4. The molecule has 134 valence electrons. The molecular formula is C18H12BrF3N2O2. The first-order valence-corrected chi connectivity index (χ1v) is 7.97. The van der Waals surface area contributed by atoms with Crippen LogP contribution >= 0.6 is 15.9 Å². The molecule has 0 bridgehead atoms. The van der Waals surface area contributed by atoms with Gasteiger partial charge >= 0.3 is 6.18 Å². The van der Waals surface area contributed by atoms with E-state index in [-0.39, 0.29) is 11.3 Å². The third-order valence-electron chi connectivity index (χ3n) is 3.25. The minimum Gasteiger partial charge on any atom is -0.497 e. The van der Waals surface area contributed by atoms with E-state index < -0.39 is 17.6 Å². The molecule has 8 heteroatoms. The maximum absolute atomic E-state index is 12.7. The minimum atomic E-state index is -4.53. The molecule has 0 unspecified atom stereocenters. The van der Waals surface area contributed by atoms with E-state index in [1.807, 2.05) is 0 Å². The molecule has 0 aliphatic carbocycles. The van der Waals surface area contributed by atoms with Crippen molar-refractivity contribution in [3.05, 3.63) is 63.6 Å². The average Bonchev–Trinajstić information content (AvgIpc) is 2.58. The van der Waals surface area contributed by atoms with E-state index in [9.17, 15) is 23.2 Å². The smallest absolute Gasteiger partial charge is 0.416 e. The molecule has 26 heavy (non-hydrogen) atoms. The number of ether oxygens (including phenoxy) is 1. The quantitative estimate of drug-likeness (QED) is 0.553. The molecule has 0 aromatic heterocycles. The summed E-state index contributed by atoms with van der Waals surface area (Å²) in [4.78, 5) is 12.2. The van der Waals surface area contributed by atoms with Crippen LogP contribution in [0.1, 0.15) is 11.1 Å². The van der Waals surface area contributed by atoms with Crippen LogP contribution in [0.2, 0.25) is 0 Å². The van der Waals surface area contributed by atoms with Crippen molar-refractivity contribution >= 4 is 33.6 Å². The number of halogens is 4. The molecule has 0 saturated carbocycles. The number of nitrogens with zero attached hydrogens (tertiary/aromatic N) is 1. The molecule has 0 saturated heterocycles. The largest absolute Gasteiger partial charge is 0.497 e. The van der Waals surface area contributed by atoms with Crippen molar-refractivity contribution < 1.29 is 22.7 Å². The molecule has 0 heterocycles. The van der Waals surface area contributed by atoms with Crippen LogP contribution in [0.5, 0.6) is 5.75 Å². The Balaban J connectivity index is 2.27. The molecular weight excluding hydrogens is 413 g/mol. The minimum absolute atomic E-state index is 0.0576. The Morgan fingerprint density at radius 2 is 2.00 bits per heavy atom. The first kappa shape index (κ1) is 19.5. The molecule has 1 amide bonds. The highest BCUT2D eigenvalue weighted by Crippen LogP contribution is 2.30. The van der Waals surface area contributed by atoms with Gasteiger partial charge in [0.25, 0.3) is 5.91 Å². The number of benzene rings is 2. The van der Waals surface area contributed by atoms with Gasteiger partial charge in [0.15, 0.2) is 0 Å². The lowest BCUT2D eigenvalue weighted by molar-refractivity contribution is -0.137. The van der Waals surface area contributed by atoms with Crippen LogP contribution in [0.15, 0.2) is 52.5 Å². The highest BCUT2D eigenvalue weighted by atomic mass is 79.9. The standard InChI is InChI=1S/C18H12BrF3N2O2/c1-26-16-7-11(6-14(19)9-16)5-12(10-23)17(25)24-15-4-2-3-13(8-15)18(20,21)22/h2-9H,1H3,(H,24,25)/b12-5+. The van der Waals surface area contributed by atoms with Crippen molar-refractivity contribution in [3.8, 4) is 11.8 Å². The van der Waals surface area contributed by atoms with Gasteiger partial charge < -0.3 is 10.1 Å². The summed E-state index contributed by atoms with van der Waals surface area (Å²) < 4.78 is 44.0. The van der Waals surface area contributed by atoms with Gasteiger partial charge in [0.05, 0.1) is 12.7 Å². The number of carbonyl (C=O) groups is 1. The van der Waals surface area contributed by atoms with Crippen LogP contribution in [-0.4, -0.2) is 13.0 Å². The van der Waals surface area contributed by atoms with Crippen molar-refractivity contribution in [2.24, 2.45) is 0 Å². The molecule has 2 rings (SSSR count). The Morgan fingerprint density at radius 3 is 2.62 bits per heavy atom. The number of nitrogens with one attached hydrogen (secondary N) is 1. The summed E-state index contributed by atoms with van der Waals surface area (Å²) in [6.45, 7) is 0. The number of alkyl halides is 3. The Hall–Kier alpha value is -2.79. The van der Waals surface area contributed by atoms with Gasteiger partial charge in [0.1, 0.15) is 17.4 Å². The van der Waals surface area contributed by atoms with Crippen LogP contribution in [-0.2, 0) is 11.0 Å². The van der Waals surface area contributed by atoms with Crippen molar-refractivity contribution in [2.75, 3.05) is 12.4 Å². The second-order valence-electron chi connectivity index (χ2n) is 5.13. The van der Waals surface area contributed by atoms with Gasteiger partial charge in [0, 0.05) is 10.2 Å². The second-order valence-corrected chi connectivity index (χ2v) is 6.04. The highest BCUT2D eigenvalue weighted by Gasteiger charge is 2.30. The number of methoxy groups -OCH3 is 1. The summed E-state index contributed by atoms with van der Waals surface area (Å²) in [7, 11) is 1.47. The number of carbonyl (C=O) groups excluding carboxylic acids is 1. The third-order valence-corrected chi connectivity index (χ3v) is 3.71. The molecule has 0 aliphatic rings. The number of anilines is 1. The molecule has 0 radical (unpaired) electrons. The van der Waals surface area contributed by atoms with Crippen LogP contribution in [0.25, 0.3) is 6.08 Å². The van der Waals surface area contributed by atoms with Crippen LogP contribution in [0.4, 0.5) is 18.9 Å². The number of amides is 1. The SMILES string of the molecule is COc1cc(Br)cc(/C=C(\C#N)C(=O)Nc2cccc(C(F)(F)F)c2)c1. The molecule has 0 spiro atoms. The lowest BCUT2D eigenvalue weighted by Gasteiger charge is -2.09. The van der Waals surface area contributed by atoms with Crippen LogP contribution in [0.3, 0.4) is 0 Å². The van der Waals surface area contributed by atoms with Gasteiger partial charge in [-0.3, -0.25) is 4.79 Å². The first-order chi connectivity index (χ1) is 12.2. The highest BCUT2D eigenvalue weighted by molar-refractivity contribution is 9.10. The fourth-order valence-electron chi connectivity index (χ4n) is 2.07.